The number of hydrogen-bond donors (Lipinski definition) is 1. The molecule has 0 saturated carbocycles. The average Bonchev–Trinajstić information content (AvgIpc) is 3.23. The predicted molar refractivity (Wildman–Crippen MR) is 134 cm³/mol. The summed E-state index contributed by atoms with van der Waals surface area (Å²) in [5.74, 6) is 5.36. The van der Waals surface area contributed by atoms with Crippen LogP contribution in [0.5, 0.6) is 5.75 Å². The van der Waals surface area contributed by atoms with Crippen molar-refractivity contribution in [3.63, 3.8) is 0 Å². The van der Waals surface area contributed by atoms with Crippen LogP contribution in [0.15, 0.2) is 67.0 Å². The molecule has 2 aromatic heterocycles. The minimum absolute atomic E-state index is 0.0153. The van der Waals surface area contributed by atoms with Crippen LogP contribution >= 0.6 is 0 Å². The lowest BCUT2D eigenvalue weighted by Gasteiger charge is -2.14. The lowest BCUT2D eigenvalue weighted by Crippen LogP contribution is -2.05. The molecule has 4 aromatic rings. The normalized spacial score (nSPS) is 11.6. The van der Waals surface area contributed by atoms with Gasteiger partial charge >= 0.3 is 5.97 Å². The summed E-state index contributed by atoms with van der Waals surface area (Å²) in [5.41, 5.74) is 6.58. The number of fused-ring (bicyclic) bond motifs is 1. The van der Waals surface area contributed by atoms with Gasteiger partial charge in [0.25, 0.3) is 0 Å². The molecule has 5 nitrogen and oxygen atoms in total. The van der Waals surface area contributed by atoms with Crippen molar-refractivity contribution in [3.8, 4) is 17.6 Å². The largest absolute Gasteiger partial charge is 0.489 e. The highest BCUT2D eigenvalue weighted by Crippen LogP contribution is 2.26. The van der Waals surface area contributed by atoms with Crippen LogP contribution in [0, 0.1) is 25.7 Å². The molecule has 0 fully saturated rings. The molecule has 0 saturated heterocycles. The number of rotatable bonds is 8. The Labute approximate surface area is 200 Å². The van der Waals surface area contributed by atoms with Crippen molar-refractivity contribution in [2.24, 2.45) is 0 Å². The number of aliphatic carboxylic acids is 1. The molecule has 1 N–H and O–H groups in total. The minimum Gasteiger partial charge on any atom is -0.489 e. The summed E-state index contributed by atoms with van der Waals surface area (Å²) in [7, 11) is 0. The number of carboxylic acids is 1. The third-order valence-electron chi connectivity index (χ3n) is 6.00. The van der Waals surface area contributed by atoms with E-state index >= 15 is 0 Å². The van der Waals surface area contributed by atoms with E-state index in [-0.39, 0.29) is 12.3 Å². The summed E-state index contributed by atoms with van der Waals surface area (Å²) >= 11 is 0. The van der Waals surface area contributed by atoms with Crippen molar-refractivity contribution in [1.29, 1.82) is 0 Å². The fourth-order valence-corrected chi connectivity index (χ4v) is 4.16. The quantitative estimate of drug-likeness (QED) is 0.340. The lowest BCUT2D eigenvalue weighted by atomic mass is 9.96. The molecule has 0 unspecified atom stereocenters. The highest BCUT2D eigenvalue weighted by molar-refractivity contribution is 5.84. The molecule has 0 aliphatic carbocycles. The van der Waals surface area contributed by atoms with Crippen molar-refractivity contribution in [3.05, 3.63) is 94.9 Å². The van der Waals surface area contributed by atoms with Crippen LogP contribution in [0.1, 0.15) is 47.2 Å². The summed E-state index contributed by atoms with van der Waals surface area (Å²) in [4.78, 5) is 15.5. The predicted octanol–water partition coefficient (Wildman–Crippen LogP) is 5.86. The average molecular weight is 453 g/mol. The third kappa shape index (κ3) is 5.29. The van der Waals surface area contributed by atoms with E-state index in [9.17, 15) is 4.79 Å². The number of benzene rings is 2. The number of hydrogen-bond acceptors (Lipinski definition) is 3. The van der Waals surface area contributed by atoms with Crippen molar-refractivity contribution in [1.82, 2.24) is 9.55 Å². The van der Waals surface area contributed by atoms with E-state index in [1.54, 1.807) is 6.92 Å². The molecular formula is C29H28N2O3. The first-order valence-electron chi connectivity index (χ1n) is 11.3. The fraction of sp³-hybridized carbons (Fsp3) is 0.241. The van der Waals surface area contributed by atoms with Gasteiger partial charge in [-0.1, -0.05) is 36.3 Å². The van der Waals surface area contributed by atoms with Crippen molar-refractivity contribution in [2.45, 2.75) is 46.3 Å². The van der Waals surface area contributed by atoms with Crippen LogP contribution in [0.3, 0.4) is 0 Å². The van der Waals surface area contributed by atoms with Gasteiger partial charge in [-0.2, -0.15) is 0 Å². The van der Waals surface area contributed by atoms with Gasteiger partial charge in [-0.3, -0.25) is 9.78 Å². The van der Waals surface area contributed by atoms with E-state index in [1.807, 2.05) is 43.5 Å². The molecule has 0 spiro atoms. The van der Waals surface area contributed by atoms with Gasteiger partial charge in [0.1, 0.15) is 12.4 Å². The summed E-state index contributed by atoms with van der Waals surface area (Å²) in [5, 5.41) is 10.3. The Morgan fingerprint density at radius 1 is 1.09 bits per heavy atom. The highest BCUT2D eigenvalue weighted by atomic mass is 16.5. The van der Waals surface area contributed by atoms with E-state index in [2.05, 4.69) is 58.8 Å². The molecule has 172 valence electrons. The monoisotopic (exact) mass is 452 g/mol. The third-order valence-corrected chi connectivity index (χ3v) is 6.00. The molecule has 0 bridgehead atoms. The van der Waals surface area contributed by atoms with Gasteiger partial charge in [-0.05, 0) is 72.7 Å². The second kappa shape index (κ2) is 10.3. The van der Waals surface area contributed by atoms with Gasteiger partial charge in [0.2, 0.25) is 0 Å². The Hall–Kier alpha value is -4.04. The van der Waals surface area contributed by atoms with Gasteiger partial charge in [-0.25, -0.2) is 0 Å². The van der Waals surface area contributed by atoms with Gasteiger partial charge in [0.15, 0.2) is 0 Å². The minimum atomic E-state index is -0.859. The van der Waals surface area contributed by atoms with E-state index in [4.69, 9.17) is 9.84 Å². The number of aromatic nitrogens is 2. The maximum Gasteiger partial charge on any atom is 0.304 e. The zero-order valence-corrected chi connectivity index (χ0v) is 19.7. The molecule has 0 aliphatic rings. The van der Waals surface area contributed by atoms with Crippen molar-refractivity contribution in [2.75, 3.05) is 0 Å². The second-order valence-corrected chi connectivity index (χ2v) is 8.44. The first-order valence-corrected chi connectivity index (χ1v) is 11.3. The molecule has 0 radical (unpaired) electrons. The van der Waals surface area contributed by atoms with Gasteiger partial charge < -0.3 is 14.4 Å². The number of carboxylic acid groups (broad SMARTS) is 1. The highest BCUT2D eigenvalue weighted by Gasteiger charge is 2.14. The Morgan fingerprint density at radius 2 is 1.88 bits per heavy atom. The van der Waals surface area contributed by atoms with Crippen LogP contribution < -0.4 is 4.74 Å². The Balaban J connectivity index is 1.50. The van der Waals surface area contributed by atoms with Crippen molar-refractivity contribution < 1.29 is 14.6 Å². The van der Waals surface area contributed by atoms with E-state index < -0.39 is 5.97 Å². The molecular weight excluding hydrogens is 424 g/mol. The van der Waals surface area contributed by atoms with Crippen LogP contribution in [-0.4, -0.2) is 20.6 Å². The van der Waals surface area contributed by atoms with E-state index in [0.717, 1.165) is 29.1 Å². The number of ether oxygens (including phenoxy) is 1. The Bertz CT molecular complexity index is 1360. The van der Waals surface area contributed by atoms with Crippen LogP contribution in [-0.2, 0) is 17.9 Å². The zero-order chi connectivity index (χ0) is 24.1. The first kappa shape index (κ1) is 23.1. The van der Waals surface area contributed by atoms with Crippen LogP contribution in [0.4, 0.5) is 0 Å². The zero-order valence-electron chi connectivity index (χ0n) is 19.7. The Morgan fingerprint density at radius 3 is 2.56 bits per heavy atom. The summed E-state index contributed by atoms with van der Waals surface area (Å²) in [6.07, 6.45) is 4.03. The van der Waals surface area contributed by atoms with Gasteiger partial charge in [0.05, 0.1) is 17.9 Å². The fourth-order valence-electron chi connectivity index (χ4n) is 4.16. The second-order valence-electron chi connectivity index (χ2n) is 8.44. The lowest BCUT2D eigenvalue weighted by molar-refractivity contribution is -0.137. The first-order chi connectivity index (χ1) is 16.4. The number of pyridine rings is 1. The van der Waals surface area contributed by atoms with Gasteiger partial charge in [0, 0.05) is 24.6 Å². The summed E-state index contributed by atoms with van der Waals surface area (Å²) in [6, 6.07) is 18.1. The number of nitrogens with zero attached hydrogens (tertiary/aromatic N) is 2. The maximum atomic E-state index is 11.1. The number of carbonyl (C=O) groups is 1. The Kier molecular flexibility index (Phi) is 6.98. The topological polar surface area (TPSA) is 64.3 Å². The molecule has 1 atom stereocenters. The van der Waals surface area contributed by atoms with Crippen molar-refractivity contribution >= 4 is 16.9 Å². The van der Waals surface area contributed by atoms with E-state index in [0.29, 0.717) is 6.61 Å². The number of aryl methyl sites for hydroxylation is 2. The molecule has 2 aromatic carbocycles. The molecule has 0 amide bonds. The van der Waals surface area contributed by atoms with E-state index in [1.165, 1.54) is 22.0 Å². The smallest absolute Gasteiger partial charge is 0.304 e. The van der Waals surface area contributed by atoms with Crippen LogP contribution in [0.2, 0.25) is 0 Å². The summed E-state index contributed by atoms with van der Waals surface area (Å²) in [6.45, 7) is 7.06. The molecule has 0 aliphatic heterocycles. The van der Waals surface area contributed by atoms with Gasteiger partial charge in [-0.15, -0.1) is 5.92 Å². The maximum absolute atomic E-state index is 11.1. The standard InChI is InChI=1S/C29H28N2O3/c1-4-5-25(16-28(32)33)23-10-12-27(13-11-23)34-19-26-9-8-24-14-15-31(29(24)21(26)3)18-22-7-6-20(2)30-17-22/h6-15,17,25H,16,18-19H2,1-3H3,(H,32,33)/t25-/m0/s1. The summed E-state index contributed by atoms with van der Waals surface area (Å²) < 4.78 is 8.33. The molecule has 4 rings (SSSR count). The SMILES string of the molecule is CC#C[C@@H](CC(=O)O)c1ccc(OCc2ccc3ccn(Cc4ccc(C)nc4)c3c2C)cc1. The molecule has 2 heterocycles. The molecule has 5 heteroatoms. The molecule has 34 heavy (non-hydrogen) atoms. The van der Waals surface area contributed by atoms with Crippen LogP contribution in [0.25, 0.3) is 10.9 Å².